The van der Waals surface area contributed by atoms with E-state index in [-0.39, 0.29) is 35.7 Å². The Hall–Kier alpha value is -2.11. The number of carbonyl (C=O) groups is 1. The van der Waals surface area contributed by atoms with Crippen molar-refractivity contribution in [3.63, 3.8) is 0 Å². The number of methoxy groups -OCH3 is 1. The van der Waals surface area contributed by atoms with Gasteiger partial charge >= 0.3 is 5.97 Å². The summed E-state index contributed by atoms with van der Waals surface area (Å²) >= 11 is 0. The number of carboxylic acid groups (broad SMARTS) is 1. The first-order chi connectivity index (χ1) is 9.88. The van der Waals surface area contributed by atoms with Crippen molar-refractivity contribution in [1.29, 1.82) is 5.26 Å². The Morgan fingerprint density at radius 1 is 1.48 bits per heavy atom. The zero-order chi connectivity index (χ0) is 16.0. The van der Waals surface area contributed by atoms with E-state index in [4.69, 9.17) is 15.1 Å². The lowest BCUT2D eigenvalue weighted by molar-refractivity contribution is 0.0693. The Morgan fingerprint density at radius 3 is 2.62 bits per heavy atom. The molecular weight excluding hydrogens is 296 g/mol. The molecule has 8 heteroatoms. The van der Waals surface area contributed by atoms with Gasteiger partial charge in [-0.1, -0.05) is 6.92 Å². The van der Waals surface area contributed by atoms with Gasteiger partial charge in [0.15, 0.2) is 0 Å². The van der Waals surface area contributed by atoms with Crippen LogP contribution in [0.25, 0.3) is 0 Å². The Balaban J connectivity index is 3.28. The molecule has 1 aromatic carbocycles. The van der Waals surface area contributed by atoms with Crippen molar-refractivity contribution in [1.82, 2.24) is 4.31 Å². The van der Waals surface area contributed by atoms with E-state index in [1.807, 2.05) is 6.07 Å². The highest BCUT2D eigenvalue weighted by Crippen LogP contribution is 2.24. The van der Waals surface area contributed by atoms with E-state index < -0.39 is 16.0 Å². The number of aromatic carboxylic acids is 1. The average molecular weight is 312 g/mol. The van der Waals surface area contributed by atoms with Gasteiger partial charge in [-0.15, -0.1) is 0 Å². The second kappa shape index (κ2) is 7.06. The molecule has 0 atom stereocenters. The van der Waals surface area contributed by atoms with Crippen molar-refractivity contribution in [2.45, 2.75) is 18.2 Å². The van der Waals surface area contributed by atoms with Crippen molar-refractivity contribution in [2.24, 2.45) is 0 Å². The summed E-state index contributed by atoms with van der Waals surface area (Å²) in [5, 5.41) is 17.7. The molecule has 0 spiro atoms. The maximum atomic E-state index is 12.4. The van der Waals surface area contributed by atoms with Gasteiger partial charge in [0, 0.05) is 19.5 Å². The number of carboxylic acids is 1. The van der Waals surface area contributed by atoms with Crippen LogP contribution >= 0.6 is 0 Å². The molecule has 0 unspecified atom stereocenters. The van der Waals surface area contributed by atoms with Gasteiger partial charge in [-0.25, -0.2) is 13.2 Å². The summed E-state index contributed by atoms with van der Waals surface area (Å²) < 4.78 is 30.9. The standard InChI is InChI=1S/C13H16N2O5S/c1-3-15(8-4-7-14)21(18,19)10-5-6-12(20-2)11(9-10)13(16)17/h5-6,9H,3-4,8H2,1-2H3,(H,16,17). The van der Waals surface area contributed by atoms with Crippen LogP contribution in [-0.4, -0.2) is 44.0 Å². The third-order valence-electron chi connectivity index (χ3n) is 2.86. The lowest BCUT2D eigenvalue weighted by Gasteiger charge is -2.19. The van der Waals surface area contributed by atoms with E-state index in [9.17, 15) is 13.2 Å². The molecule has 114 valence electrons. The lowest BCUT2D eigenvalue weighted by atomic mass is 10.2. The summed E-state index contributed by atoms with van der Waals surface area (Å²) in [7, 11) is -2.53. The van der Waals surface area contributed by atoms with E-state index in [0.29, 0.717) is 0 Å². The summed E-state index contributed by atoms with van der Waals surface area (Å²) in [5.74, 6) is -1.19. The minimum atomic E-state index is -3.84. The van der Waals surface area contributed by atoms with Crippen LogP contribution in [-0.2, 0) is 10.0 Å². The summed E-state index contributed by atoms with van der Waals surface area (Å²) in [5.41, 5.74) is -0.227. The minimum Gasteiger partial charge on any atom is -0.496 e. The fourth-order valence-corrected chi connectivity index (χ4v) is 3.26. The molecule has 0 saturated heterocycles. The minimum absolute atomic E-state index is 0.0593. The average Bonchev–Trinajstić information content (AvgIpc) is 2.46. The van der Waals surface area contributed by atoms with Crippen LogP contribution < -0.4 is 4.74 Å². The molecule has 0 fully saturated rings. The first-order valence-corrected chi connectivity index (χ1v) is 7.60. The predicted octanol–water partition coefficient (Wildman–Crippen LogP) is 1.32. The quantitative estimate of drug-likeness (QED) is 0.813. The van der Waals surface area contributed by atoms with Gasteiger partial charge in [0.2, 0.25) is 10.0 Å². The first-order valence-electron chi connectivity index (χ1n) is 6.16. The second-order valence-electron chi connectivity index (χ2n) is 4.07. The maximum Gasteiger partial charge on any atom is 0.339 e. The van der Waals surface area contributed by atoms with Crippen molar-refractivity contribution in [2.75, 3.05) is 20.2 Å². The van der Waals surface area contributed by atoms with E-state index in [2.05, 4.69) is 0 Å². The first kappa shape index (κ1) is 16.9. The fourth-order valence-electron chi connectivity index (χ4n) is 1.79. The van der Waals surface area contributed by atoms with Gasteiger partial charge in [0.25, 0.3) is 0 Å². The van der Waals surface area contributed by atoms with Gasteiger partial charge in [-0.3, -0.25) is 0 Å². The van der Waals surface area contributed by atoms with Gasteiger partial charge in [-0.2, -0.15) is 9.57 Å². The Bertz CT molecular complexity index is 664. The topological polar surface area (TPSA) is 108 Å². The molecule has 0 aromatic heterocycles. The normalized spacial score (nSPS) is 11.1. The number of sulfonamides is 1. The number of nitrogens with zero attached hydrogens (tertiary/aromatic N) is 2. The van der Waals surface area contributed by atoms with Gasteiger partial charge in [0.05, 0.1) is 18.1 Å². The summed E-state index contributed by atoms with van der Waals surface area (Å²) in [6.07, 6.45) is 0.0645. The molecule has 0 aliphatic carbocycles. The third-order valence-corrected chi connectivity index (χ3v) is 4.84. The van der Waals surface area contributed by atoms with Crippen LogP contribution in [0.2, 0.25) is 0 Å². The number of benzene rings is 1. The van der Waals surface area contributed by atoms with E-state index in [0.717, 1.165) is 10.4 Å². The highest BCUT2D eigenvalue weighted by atomic mass is 32.2. The van der Waals surface area contributed by atoms with Crippen LogP contribution in [0, 0.1) is 11.3 Å². The Morgan fingerprint density at radius 2 is 2.14 bits per heavy atom. The highest BCUT2D eigenvalue weighted by molar-refractivity contribution is 7.89. The maximum absolute atomic E-state index is 12.4. The molecule has 1 aromatic rings. The number of rotatable bonds is 7. The Kier molecular flexibility index (Phi) is 5.69. The smallest absolute Gasteiger partial charge is 0.339 e. The zero-order valence-corrected chi connectivity index (χ0v) is 12.6. The molecule has 0 bridgehead atoms. The van der Waals surface area contributed by atoms with Gasteiger partial charge < -0.3 is 9.84 Å². The third kappa shape index (κ3) is 3.71. The number of nitriles is 1. The SMILES string of the molecule is CCN(CCC#N)S(=O)(=O)c1ccc(OC)c(C(=O)O)c1. The van der Waals surface area contributed by atoms with Crippen molar-refractivity contribution < 1.29 is 23.1 Å². The van der Waals surface area contributed by atoms with E-state index in [1.165, 1.54) is 19.2 Å². The molecule has 0 radical (unpaired) electrons. The fraction of sp³-hybridized carbons (Fsp3) is 0.385. The summed E-state index contributed by atoms with van der Waals surface area (Å²) in [6, 6.07) is 5.53. The van der Waals surface area contributed by atoms with E-state index >= 15 is 0 Å². The van der Waals surface area contributed by atoms with Crippen LogP contribution in [0.5, 0.6) is 5.75 Å². The van der Waals surface area contributed by atoms with Gasteiger partial charge in [0.1, 0.15) is 11.3 Å². The lowest BCUT2D eigenvalue weighted by Crippen LogP contribution is -2.31. The zero-order valence-electron chi connectivity index (χ0n) is 11.7. The molecule has 0 aliphatic rings. The number of hydrogen-bond acceptors (Lipinski definition) is 5. The predicted molar refractivity (Wildman–Crippen MR) is 74.6 cm³/mol. The molecule has 0 saturated carbocycles. The molecular formula is C13H16N2O5S. The van der Waals surface area contributed by atoms with E-state index in [1.54, 1.807) is 6.92 Å². The summed E-state index contributed by atoms with van der Waals surface area (Å²) in [4.78, 5) is 11.0. The highest BCUT2D eigenvalue weighted by Gasteiger charge is 2.25. The molecule has 7 nitrogen and oxygen atoms in total. The van der Waals surface area contributed by atoms with Crippen LogP contribution in [0.4, 0.5) is 0 Å². The molecule has 0 aliphatic heterocycles. The number of ether oxygens (including phenoxy) is 1. The number of hydrogen-bond donors (Lipinski definition) is 1. The largest absolute Gasteiger partial charge is 0.496 e. The van der Waals surface area contributed by atoms with Gasteiger partial charge in [-0.05, 0) is 18.2 Å². The van der Waals surface area contributed by atoms with Crippen LogP contribution in [0.3, 0.4) is 0 Å². The summed E-state index contributed by atoms with van der Waals surface area (Å²) in [6.45, 7) is 1.90. The van der Waals surface area contributed by atoms with Crippen LogP contribution in [0.15, 0.2) is 23.1 Å². The second-order valence-corrected chi connectivity index (χ2v) is 6.01. The van der Waals surface area contributed by atoms with Crippen molar-refractivity contribution in [3.8, 4) is 11.8 Å². The van der Waals surface area contributed by atoms with Crippen LogP contribution in [0.1, 0.15) is 23.7 Å². The monoisotopic (exact) mass is 312 g/mol. The molecule has 0 amide bonds. The Labute approximate surface area is 123 Å². The van der Waals surface area contributed by atoms with Crippen molar-refractivity contribution in [3.05, 3.63) is 23.8 Å². The molecule has 1 rings (SSSR count). The molecule has 0 heterocycles. The van der Waals surface area contributed by atoms with Crippen molar-refractivity contribution >= 4 is 16.0 Å². The molecule has 1 N–H and O–H groups in total. The molecule has 21 heavy (non-hydrogen) atoms.